The van der Waals surface area contributed by atoms with Crippen LogP contribution in [0, 0.1) is 5.41 Å². The Kier molecular flexibility index (Phi) is 4.26. The fourth-order valence-electron chi connectivity index (χ4n) is 5.43. The molecule has 3 aliphatic rings. The van der Waals surface area contributed by atoms with Crippen molar-refractivity contribution in [2.45, 2.75) is 50.7 Å². The SMILES string of the molecule is COc1cnc(C(=O)Cc2ccc3c(c2)C2(COC(N)=N2)C2(CCC2)C(C)(C)O3)cn1. The number of hydrogen-bond donors (Lipinski definition) is 1. The number of hydrogen-bond acceptors (Lipinski definition) is 8. The number of nitrogens with zero attached hydrogens (tertiary/aromatic N) is 3. The molecule has 1 atom stereocenters. The van der Waals surface area contributed by atoms with Gasteiger partial charge in [0.25, 0.3) is 6.02 Å². The summed E-state index contributed by atoms with van der Waals surface area (Å²) in [4.78, 5) is 25.9. The maximum Gasteiger partial charge on any atom is 0.283 e. The second kappa shape index (κ2) is 6.67. The minimum Gasteiger partial charge on any atom is -0.487 e. The zero-order valence-electron chi connectivity index (χ0n) is 18.0. The van der Waals surface area contributed by atoms with E-state index in [1.54, 1.807) is 0 Å². The van der Waals surface area contributed by atoms with E-state index in [0.717, 1.165) is 36.1 Å². The van der Waals surface area contributed by atoms with Gasteiger partial charge in [-0.05, 0) is 44.4 Å². The molecule has 1 unspecified atom stereocenters. The number of aliphatic imine (C=N–C) groups is 1. The normalized spacial score (nSPS) is 24.5. The van der Waals surface area contributed by atoms with Crippen molar-refractivity contribution in [3.05, 3.63) is 47.4 Å². The maximum absolute atomic E-state index is 12.8. The number of fused-ring (bicyclic) bond motifs is 3. The molecule has 5 rings (SSSR count). The van der Waals surface area contributed by atoms with E-state index in [9.17, 15) is 4.79 Å². The van der Waals surface area contributed by atoms with Gasteiger partial charge in [0.15, 0.2) is 5.78 Å². The van der Waals surface area contributed by atoms with E-state index in [4.69, 9.17) is 24.9 Å². The Balaban J connectivity index is 1.53. The zero-order valence-corrected chi connectivity index (χ0v) is 18.0. The summed E-state index contributed by atoms with van der Waals surface area (Å²) in [5.41, 5.74) is 6.90. The summed E-state index contributed by atoms with van der Waals surface area (Å²) in [6.07, 6.45) is 6.17. The summed E-state index contributed by atoms with van der Waals surface area (Å²) in [6, 6.07) is 6.07. The second-order valence-electron chi connectivity index (χ2n) is 9.02. The number of ether oxygens (including phenoxy) is 3. The molecule has 1 fully saturated rings. The Morgan fingerprint density at radius 1 is 1.23 bits per heavy atom. The number of aromatic nitrogens is 2. The zero-order chi connectivity index (χ0) is 21.9. The van der Waals surface area contributed by atoms with Gasteiger partial charge in [0.2, 0.25) is 5.88 Å². The van der Waals surface area contributed by atoms with Crippen molar-refractivity contribution >= 4 is 11.8 Å². The van der Waals surface area contributed by atoms with Crippen LogP contribution < -0.4 is 15.2 Å². The third kappa shape index (κ3) is 2.73. The van der Waals surface area contributed by atoms with Crippen LogP contribution in [0.4, 0.5) is 0 Å². The van der Waals surface area contributed by atoms with Crippen LogP contribution in [0.1, 0.15) is 54.7 Å². The number of carbonyl (C=O) groups excluding carboxylic acids is 1. The molecule has 2 N–H and O–H groups in total. The summed E-state index contributed by atoms with van der Waals surface area (Å²) in [7, 11) is 1.51. The van der Waals surface area contributed by atoms with Crippen molar-refractivity contribution in [1.29, 1.82) is 0 Å². The van der Waals surface area contributed by atoms with Gasteiger partial charge >= 0.3 is 0 Å². The predicted octanol–water partition coefficient (Wildman–Crippen LogP) is 2.79. The summed E-state index contributed by atoms with van der Waals surface area (Å²) in [5.74, 6) is 1.02. The molecule has 3 heterocycles. The number of nitrogens with two attached hydrogens (primary N) is 1. The molecule has 0 radical (unpaired) electrons. The number of amidine groups is 1. The minimum absolute atomic E-state index is 0.120. The van der Waals surface area contributed by atoms with Gasteiger partial charge in [-0.1, -0.05) is 12.5 Å². The standard InChI is InChI=1S/C23H26N4O4/c1-21(2)22(7-4-8-22)23(13-30-20(24)27-23)15-9-14(5-6-18(15)31-21)10-17(28)16-11-26-19(29-3)12-25-16/h5-6,9,11-12H,4,7-8,10,13H2,1-3H3,(H2,24,27). The van der Waals surface area contributed by atoms with Crippen LogP contribution in [0.5, 0.6) is 11.6 Å². The maximum atomic E-state index is 12.8. The molecule has 0 saturated heterocycles. The summed E-state index contributed by atoms with van der Waals surface area (Å²) in [5, 5.41) is 0. The van der Waals surface area contributed by atoms with Gasteiger partial charge in [0.05, 0.1) is 19.5 Å². The quantitative estimate of drug-likeness (QED) is 0.755. The van der Waals surface area contributed by atoms with Gasteiger partial charge in [0, 0.05) is 17.4 Å². The molecule has 2 aliphatic heterocycles. The van der Waals surface area contributed by atoms with E-state index in [1.807, 2.05) is 18.2 Å². The summed E-state index contributed by atoms with van der Waals surface area (Å²) in [6.45, 7) is 4.64. The second-order valence-corrected chi connectivity index (χ2v) is 9.02. The summed E-state index contributed by atoms with van der Waals surface area (Å²) >= 11 is 0. The Morgan fingerprint density at radius 2 is 2.03 bits per heavy atom. The highest BCUT2D eigenvalue weighted by molar-refractivity contribution is 5.95. The number of carbonyl (C=O) groups is 1. The molecule has 1 aromatic carbocycles. The molecule has 1 aliphatic carbocycles. The fourth-order valence-corrected chi connectivity index (χ4v) is 5.43. The number of benzene rings is 1. The largest absolute Gasteiger partial charge is 0.487 e. The Labute approximate surface area is 180 Å². The van der Waals surface area contributed by atoms with Crippen molar-refractivity contribution in [3.8, 4) is 11.6 Å². The molecule has 2 spiro atoms. The average Bonchev–Trinajstić information content (AvgIpc) is 3.09. The van der Waals surface area contributed by atoms with E-state index >= 15 is 0 Å². The number of Topliss-reactive ketones (excluding diaryl/α,β-unsaturated/α-hetero) is 1. The first-order valence-corrected chi connectivity index (χ1v) is 10.5. The number of rotatable bonds is 4. The smallest absolute Gasteiger partial charge is 0.283 e. The van der Waals surface area contributed by atoms with Crippen LogP contribution >= 0.6 is 0 Å². The lowest BCUT2D eigenvalue weighted by molar-refractivity contribution is -0.157. The van der Waals surface area contributed by atoms with E-state index in [1.165, 1.54) is 19.5 Å². The number of ketones is 1. The van der Waals surface area contributed by atoms with Crippen LogP contribution in [0.25, 0.3) is 0 Å². The number of methoxy groups -OCH3 is 1. The third-order valence-corrected chi connectivity index (χ3v) is 7.22. The van der Waals surface area contributed by atoms with Gasteiger partial charge in [-0.15, -0.1) is 0 Å². The first-order valence-electron chi connectivity index (χ1n) is 10.5. The van der Waals surface area contributed by atoms with Gasteiger partial charge in [-0.2, -0.15) is 0 Å². The lowest BCUT2D eigenvalue weighted by Gasteiger charge is -2.62. The van der Waals surface area contributed by atoms with Crippen LogP contribution in [0.15, 0.2) is 35.6 Å². The summed E-state index contributed by atoms with van der Waals surface area (Å²) < 4.78 is 17.2. The van der Waals surface area contributed by atoms with Crippen LogP contribution in [-0.2, 0) is 16.7 Å². The van der Waals surface area contributed by atoms with Gasteiger partial charge < -0.3 is 19.9 Å². The highest BCUT2D eigenvalue weighted by atomic mass is 16.5. The van der Waals surface area contributed by atoms with Crippen molar-refractivity contribution in [1.82, 2.24) is 9.97 Å². The molecule has 162 valence electrons. The Morgan fingerprint density at radius 3 is 2.61 bits per heavy atom. The third-order valence-electron chi connectivity index (χ3n) is 7.22. The van der Waals surface area contributed by atoms with Crippen molar-refractivity contribution in [3.63, 3.8) is 0 Å². The fraction of sp³-hybridized carbons (Fsp3) is 0.478. The lowest BCUT2D eigenvalue weighted by atomic mass is 9.48. The molecule has 0 amide bonds. The van der Waals surface area contributed by atoms with E-state index in [0.29, 0.717) is 18.2 Å². The van der Waals surface area contributed by atoms with Crippen LogP contribution in [0.3, 0.4) is 0 Å². The Bertz CT molecular complexity index is 1080. The lowest BCUT2D eigenvalue weighted by Crippen LogP contribution is -2.66. The highest BCUT2D eigenvalue weighted by Crippen LogP contribution is 2.67. The van der Waals surface area contributed by atoms with E-state index < -0.39 is 11.1 Å². The molecule has 0 bridgehead atoms. The van der Waals surface area contributed by atoms with Crippen LogP contribution in [0.2, 0.25) is 0 Å². The van der Waals surface area contributed by atoms with E-state index in [2.05, 4.69) is 23.8 Å². The predicted molar refractivity (Wildman–Crippen MR) is 113 cm³/mol. The molecule has 8 heteroatoms. The van der Waals surface area contributed by atoms with Gasteiger partial charge in [-0.25, -0.2) is 15.0 Å². The molecule has 1 aromatic heterocycles. The van der Waals surface area contributed by atoms with Crippen molar-refractivity contribution in [2.75, 3.05) is 13.7 Å². The van der Waals surface area contributed by atoms with Gasteiger partial charge in [-0.3, -0.25) is 4.79 Å². The highest BCUT2D eigenvalue weighted by Gasteiger charge is 2.69. The monoisotopic (exact) mass is 422 g/mol. The first kappa shape index (κ1) is 19.8. The molecule has 1 saturated carbocycles. The Hall–Kier alpha value is -3.16. The minimum atomic E-state index is -0.606. The molecular formula is C23H26N4O4. The topological polar surface area (TPSA) is 109 Å². The molecule has 8 nitrogen and oxygen atoms in total. The van der Waals surface area contributed by atoms with Crippen molar-refractivity contribution < 1.29 is 19.0 Å². The first-order chi connectivity index (χ1) is 14.8. The van der Waals surface area contributed by atoms with Crippen molar-refractivity contribution in [2.24, 2.45) is 16.1 Å². The molecule has 31 heavy (non-hydrogen) atoms. The molecular weight excluding hydrogens is 396 g/mol. The van der Waals surface area contributed by atoms with E-state index in [-0.39, 0.29) is 23.6 Å². The van der Waals surface area contributed by atoms with Gasteiger partial charge in [0.1, 0.15) is 29.2 Å². The average molecular weight is 422 g/mol. The van der Waals surface area contributed by atoms with Crippen LogP contribution in [-0.4, -0.2) is 41.1 Å². The molecule has 2 aromatic rings.